The van der Waals surface area contributed by atoms with Crippen LogP contribution in [0.1, 0.15) is 34.0 Å². The van der Waals surface area contributed by atoms with Crippen molar-refractivity contribution in [3.05, 3.63) is 33.6 Å². The molecule has 0 atom stereocenters. The molecule has 0 bridgehead atoms. The molecule has 2 heterocycles. The maximum Gasteiger partial charge on any atom is 0.257 e. The molecule has 1 N–H and O–H groups in total. The molecule has 1 amide bonds. The molecule has 5 heteroatoms. The van der Waals surface area contributed by atoms with Gasteiger partial charge < -0.3 is 5.32 Å². The van der Waals surface area contributed by atoms with Crippen molar-refractivity contribution >= 4 is 23.1 Å². The summed E-state index contributed by atoms with van der Waals surface area (Å²) in [6.07, 6.45) is 1.71. The van der Waals surface area contributed by atoms with Gasteiger partial charge in [0, 0.05) is 22.4 Å². The van der Waals surface area contributed by atoms with E-state index in [1.165, 1.54) is 0 Å². The summed E-state index contributed by atoms with van der Waals surface area (Å²) in [7, 11) is 0. The molecule has 0 spiro atoms. The molecular weight excluding hydrogens is 258 g/mol. The van der Waals surface area contributed by atoms with Crippen molar-refractivity contribution in [2.45, 2.75) is 34.2 Å². The highest BCUT2D eigenvalue weighted by Gasteiger charge is 2.14. The summed E-state index contributed by atoms with van der Waals surface area (Å²) in [5.41, 5.74) is 0.750. The predicted molar refractivity (Wildman–Crippen MR) is 78.8 cm³/mol. The molecule has 0 fully saturated rings. The Morgan fingerprint density at radius 2 is 2.21 bits per heavy atom. The second kappa shape index (κ2) is 5.57. The van der Waals surface area contributed by atoms with E-state index in [9.17, 15) is 4.79 Å². The summed E-state index contributed by atoms with van der Waals surface area (Å²) in [6.45, 7) is 9.03. The summed E-state index contributed by atoms with van der Waals surface area (Å²) in [4.78, 5) is 14.4. The third-order valence-corrected chi connectivity index (χ3v) is 3.75. The van der Waals surface area contributed by atoms with Crippen molar-refractivity contribution in [2.24, 2.45) is 5.92 Å². The third-order valence-electron chi connectivity index (χ3n) is 2.78. The molecule has 2 rings (SSSR count). The second-order valence-corrected chi connectivity index (χ2v) is 6.53. The Bertz CT molecular complexity index is 583. The number of hydrogen-bond donors (Lipinski definition) is 1. The number of amides is 1. The molecule has 0 saturated heterocycles. The molecule has 2 aromatic rings. The number of rotatable bonds is 4. The van der Waals surface area contributed by atoms with Gasteiger partial charge in [-0.05, 0) is 25.8 Å². The molecule has 0 aromatic carbocycles. The van der Waals surface area contributed by atoms with Crippen LogP contribution in [-0.2, 0) is 6.54 Å². The molecule has 4 nitrogen and oxygen atoms in total. The van der Waals surface area contributed by atoms with E-state index >= 15 is 0 Å². The van der Waals surface area contributed by atoms with Crippen molar-refractivity contribution in [1.82, 2.24) is 9.78 Å². The molecule has 102 valence electrons. The van der Waals surface area contributed by atoms with E-state index in [2.05, 4.69) is 24.3 Å². The van der Waals surface area contributed by atoms with Crippen LogP contribution in [0.4, 0.5) is 5.82 Å². The number of nitrogens with one attached hydrogen (secondary N) is 1. The topological polar surface area (TPSA) is 46.9 Å². The first-order chi connectivity index (χ1) is 8.97. The largest absolute Gasteiger partial charge is 0.307 e. The molecule has 19 heavy (non-hydrogen) atoms. The molecule has 2 aromatic heterocycles. The summed E-state index contributed by atoms with van der Waals surface area (Å²) < 4.78 is 1.83. The Hall–Kier alpha value is -1.62. The summed E-state index contributed by atoms with van der Waals surface area (Å²) in [6, 6.07) is 3.76. The Balaban J connectivity index is 2.15. The Morgan fingerprint density at radius 1 is 1.47 bits per heavy atom. The van der Waals surface area contributed by atoms with Gasteiger partial charge in [0.2, 0.25) is 0 Å². The molecular formula is C14H19N3OS. The van der Waals surface area contributed by atoms with Gasteiger partial charge in [-0.25, -0.2) is 4.68 Å². The van der Waals surface area contributed by atoms with Crippen LogP contribution >= 0.6 is 11.3 Å². The van der Waals surface area contributed by atoms with Gasteiger partial charge in [0.1, 0.15) is 5.82 Å². The molecule has 0 radical (unpaired) electrons. The Labute approximate surface area is 117 Å². The second-order valence-electron chi connectivity index (χ2n) is 5.07. The van der Waals surface area contributed by atoms with Gasteiger partial charge in [-0.3, -0.25) is 4.79 Å². The molecule has 0 unspecified atom stereocenters. The summed E-state index contributed by atoms with van der Waals surface area (Å²) in [5.74, 6) is 1.18. The van der Waals surface area contributed by atoms with Crippen LogP contribution in [0.2, 0.25) is 0 Å². The number of anilines is 1. The Morgan fingerprint density at radius 3 is 2.79 bits per heavy atom. The van der Waals surface area contributed by atoms with Gasteiger partial charge >= 0.3 is 0 Å². The van der Waals surface area contributed by atoms with Crippen molar-refractivity contribution in [3.8, 4) is 0 Å². The van der Waals surface area contributed by atoms with Gasteiger partial charge in [-0.1, -0.05) is 13.8 Å². The van der Waals surface area contributed by atoms with Crippen molar-refractivity contribution in [3.63, 3.8) is 0 Å². The summed E-state index contributed by atoms with van der Waals surface area (Å²) in [5, 5.41) is 7.17. The lowest BCUT2D eigenvalue weighted by Gasteiger charge is -2.10. The van der Waals surface area contributed by atoms with Crippen molar-refractivity contribution < 1.29 is 4.79 Å². The average molecular weight is 277 g/mol. The average Bonchev–Trinajstić information content (AvgIpc) is 2.85. The van der Waals surface area contributed by atoms with E-state index < -0.39 is 0 Å². The zero-order chi connectivity index (χ0) is 14.0. The fraction of sp³-hybridized carbons (Fsp3) is 0.429. The lowest BCUT2D eigenvalue weighted by atomic mass is 10.2. The quantitative estimate of drug-likeness (QED) is 0.930. The smallest absolute Gasteiger partial charge is 0.257 e. The monoisotopic (exact) mass is 277 g/mol. The molecule has 0 aliphatic heterocycles. The van der Waals surface area contributed by atoms with E-state index in [4.69, 9.17) is 0 Å². The number of hydrogen-bond acceptors (Lipinski definition) is 3. The van der Waals surface area contributed by atoms with Crippen molar-refractivity contribution in [2.75, 3.05) is 5.32 Å². The summed E-state index contributed by atoms with van der Waals surface area (Å²) >= 11 is 1.64. The molecule has 0 aliphatic carbocycles. The van der Waals surface area contributed by atoms with Gasteiger partial charge in [0.15, 0.2) is 0 Å². The SMILES string of the molecule is Cc1cc(C(=O)Nc2ccnn2CC(C)C)c(C)s1. The van der Waals surface area contributed by atoms with E-state index in [-0.39, 0.29) is 5.91 Å². The maximum absolute atomic E-state index is 12.2. The van der Waals surface area contributed by atoms with E-state index in [1.807, 2.05) is 30.7 Å². The van der Waals surface area contributed by atoms with Crippen LogP contribution in [0, 0.1) is 19.8 Å². The van der Waals surface area contributed by atoms with Crippen LogP contribution in [0.15, 0.2) is 18.3 Å². The highest BCUT2D eigenvalue weighted by Crippen LogP contribution is 2.21. The minimum absolute atomic E-state index is 0.0626. The van der Waals surface area contributed by atoms with E-state index in [0.717, 1.165) is 27.7 Å². The van der Waals surface area contributed by atoms with Crippen molar-refractivity contribution in [1.29, 1.82) is 0 Å². The minimum Gasteiger partial charge on any atom is -0.307 e. The lowest BCUT2D eigenvalue weighted by Crippen LogP contribution is -2.17. The van der Waals surface area contributed by atoms with Gasteiger partial charge in [-0.15, -0.1) is 11.3 Å². The normalized spacial score (nSPS) is 11.0. The predicted octanol–water partition coefficient (Wildman–Crippen LogP) is 3.47. The van der Waals surface area contributed by atoms with Gasteiger partial charge in [0.05, 0.1) is 11.8 Å². The fourth-order valence-corrected chi connectivity index (χ4v) is 2.89. The maximum atomic E-state index is 12.2. The number of thiophene rings is 1. The first-order valence-corrected chi connectivity index (χ1v) is 7.19. The minimum atomic E-state index is -0.0626. The number of aromatic nitrogens is 2. The van der Waals surface area contributed by atoms with E-state index in [0.29, 0.717) is 5.92 Å². The van der Waals surface area contributed by atoms with Crippen LogP contribution in [0.25, 0.3) is 0 Å². The number of nitrogens with zero attached hydrogens (tertiary/aromatic N) is 2. The standard InChI is InChI=1S/C14H19N3OS/c1-9(2)8-17-13(5-6-15-17)16-14(18)12-7-10(3)19-11(12)4/h5-7,9H,8H2,1-4H3,(H,16,18). The number of aryl methyl sites for hydroxylation is 2. The first kappa shape index (κ1) is 13.8. The molecule has 0 saturated carbocycles. The van der Waals surface area contributed by atoms with Crippen LogP contribution in [0.3, 0.4) is 0 Å². The number of carbonyl (C=O) groups excluding carboxylic acids is 1. The third kappa shape index (κ3) is 3.23. The van der Waals surface area contributed by atoms with Gasteiger partial charge in [-0.2, -0.15) is 5.10 Å². The van der Waals surface area contributed by atoms with Crippen LogP contribution in [-0.4, -0.2) is 15.7 Å². The zero-order valence-corrected chi connectivity index (χ0v) is 12.5. The van der Waals surface area contributed by atoms with Crippen LogP contribution < -0.4 is 5.32 Å². The highest BCUT2D eigenvalue weighted by molar-refractivity contribution is 7.12. The van der Waals surface area contributed by atoms with E-state index in [1.54, 1.807) is 17.5 Å². The lowest BCUT2D eigenvalue weighted by molar-refractivity contribution is 0.102. The first-order valence-electron chi connectivity index (χ1n) is 6.37. The molecule has 0 aliphatic rings. The van der Waals surface area contributed by atoms with Crippen LogP contribution in [0.5, 0.6) is 0 Å². The number of carbonyl (C=O) groups is 1. The Kier molecular flexibility index (Phi) is 4.04. The highest BCUT2D eigenvalue weighted by atomic mass is 32.1. The fourth-order valence-electron chi connectivity index (χ4n) is 1.97. The zero-order valence-electron chi connectivity index (χ0n) is 11.7. The van der Waals surface area contributed by atoms with Gasteiger partial charge in [0.25, 0.3) is 5.91 Å².